The van der Waals surface area contributed by atoms with Gasteiger partial charge in [0.15, 0.2) is 0 Å². The van der Waals surface area contributed by atoms with Crippen LogP contribution in [0.4, 0.5) is 0 Å². The first-order valence-corrected chi connectivity index (χ1v) is 7.39. The van der Waals surface area contributed by atoms with Gasteiger partial charge in [-0.3, -0.25) is 4.79 Å². The fourth-order valence-electron chi connectivity index (χ4n) is 3.46. The molecule has 0 aromatic rings. The molecule has 1 heterocycles. The van der Waals surface area contributed by atoms with Crippen LogP contribution >= 0.6 is 0 Å². The second kappa shape index (κ2) is 6.27. The van der Waals surface area contributed by atoms with Crippen molar-refractivity contribution in [3.05, 3.63) is 24.4 Å². The van der Waals surface area contributed by atoms with Crippen molar-refractivity contribution >= 4 is 5.97 Å². The number of nitrogens with zero attached hydrogens (tertiary/aromatic N) is 1. The van der Waals surface area contributed by atoms with E-state index in [1.807, 2.05) is 6.08 Å². The van der Waals surface area contributed by atoms with Crippen LogP contribution in [-0.4, -0.2) is 31.1 Å². The van der Waals surface area contributed by atoms with E-state index in [9.17, 15) is 4.79 Å². The van der Waals surface area contributed by atoms with Gasteiger partial charge in [-0.05, 0) is 38.5 Å². The molecule has 3 nitrogen and oxygen atoms in total. The molecule has 0 radical (unpaired) electrons. The Morgan fingerprint density at radius 1 is 1.42 bits per heavy atom. The van der Waals surface area contributed by atoms with Crippen LogP contribution in [0.25, 0.3) is 0 Å². The summed E-state index contributed by atoms with van der Waals surface area (Å²) >= 11 is 0. The highest BCUT2D eigenvalue weighted by molar-refractivity contribution is 5.80. The number of allylic oxidation sites excluding steroid dienone is 2. The first kappa shape index (κ1) is 14.2. The lowest BCUT2D eigenvalue weighted by Gasteiger charge is -2.37. The van der Waals surface area contributed by atoms with Crippen LogP contribution in [0.1, 0.15) is 44.9 Å². The van der Waals surface area contributed by atoms with E-state index in [1.165, 1.54) is 25.6 Å². The van der Waals surface area contributed by atoms with E-state index < -0.39 is 5.41 Å². The number of carbonyl (C=O) groups is 1. The molecule has 0 aromatic heterocycles. The molecule has 106 valence electrons. The summed E-state index contributed by atoms with van der Waals surface area (Å²) in [5, 5.41) is 0. The van der Waals surface area contributed by atoms with Gasteiger partial charge >= 0.3 is 5.97 Å². The zero-order valence-corrected chi connectivity index (χ0v) is 12.0. The van der Waals surface area contributed by atoms with Gasteiger partial charge in [0.1, 0.15) is 5.41 Å². The van der Waals surface area contributed by atoms with Crippen molar-refractivity contribution in [3.8, 4) is 0 Å². The van der Waals surface area contributed by atoms with Gasteiger partial charge in [0, 0.05) is 18.8 Å². The number of hydrogen-bond acceptors (Lipinski definition) is 3. The van der Waals surface area contributed by atoms with E-state index in [4.69, 9.17) is 4.74 Å². The lowest BCUT2D eigenvalue weighted by Crippen LogP contribution is -2.40. The van der Waals surface area contributed by atoms with Gasteiger partial charge in [-0.25, -0.2) is 0 Å². The van der Waals surface area contributed by atoms with Crippen molar-refractivity contribution in [1.29, 1.82) is 0 Å². The molecule has 0 spiro atoms. The highest BCUT2D eigenvalue weighted by atomic mass is 16.5. The molecule has 1 unspecified atom stereocenters. The van der Waals surface area contributed by atoms with Crippen LogP contribution in [0, 0.1) is 5.41 Å². The topological polar surface area (TPSA) is 29.5 Å². The summed E-state index contributed by atoms with van der Waals surface area (Å²) in [5.74, 6) is -0.0903. The molecule has 0 bridgehead atoms. The number of methoxy groups -OCH3 is 1. The Kier molecular flexibility index (Phi) is 4.67. The summed E-state index contributed by atoms with van der Waals surface area (Å²) in [7, 11) is 1.50. The van der Waals surface area contributed by atoms with Crippen molar-refractivity contribution in [1.82, 2.24) is 4.90 Å². The molecule has 1 fully saturated rings. The third-order valence-corrected chi connectivity index (χ3v) is 4.40. The fourth-order valence-corrected chi connectivity index (χ4v) is 3.46. The van der Waals surface area contributed by atoms with Crippen LogP contribution in [0.2, 0.25) is 0 Å². The van der Waals surface area contributed by atoms with Crippen molar-refractivity contribution in [3.63, 3.8) is 0 Å². The number of likely N-dealkylation sites (tertiary alicyclic amines) is 1. The molecule has 1 atom stereocenters. The zero-order chi connectivity index (χ0) is 13.7. The third kappa shape index (κ3) is 2.70. The SMILES string of the molecule is C=CCC1(C(=O)OC)CCCCC=C1N1CCCC1. The average Bonchev–Trinajstić information content (AvgIpc) is 2.87. The predicted molar refractivity (Wildman–Crippen MR) is 76.6 cm³/mol. The summed E-state index contributed by atoms with van der Waals surface area (Å²) in [6.07, 6.45) is 11.5. The second-order valence-electron chi connectivity index (χ2n) is 5.60. The standard InChI is InChI=1S/C16H25NO2/c1-3-10-16(15(18)19-2)11-6-4-5-9-14(16)17-12-7-8-13-17/h3,9H,1,4-8,10-13H2,2H3. The minimum Gasteiger partial charge on any atom is -0.468 e. The smallest absolute Gasteiger partial charge is 0.318 e. The molecule has 0 aromatic carbocycles. The van der Waals surface area contributed by atoms with E-state index in [2.05, 4.69) is 17.6 Å². The van der Waals surface area contributed by atoms with Crippen molar-refractivity contribution in [2.24, 2.45) is 5.41 Å². The maximum Gasteiger partial charge on any atom is 0.318 e. The molecule has 1 saturated heterocycles. The van der Waals surface area contributed by atoms with Gasteiger partial charge in [0.25, 0.3) is 0 Å². The molecule has 0 amide bonds. The predicted octanol–water partition coefficient (Wildman–Crippen LogP) is 3.28. The average molecular weight is 263 g/mol. The minimum absolute atomic E-state index is 0.0903. The molecular formula is C16H25NO2. The van der Waals surface area contributed by atoms with Crippen LogP contribution in [0.3, 0.4) is 0 Å². The number of ether oxygens (including phenoxy) is 1. The Morgan fingerprint density at radius 3 is 2.79 bits per heavy atom. The van der Waals surface area contributed by atoms with Crippen LogP contribution in [0.15, 0.2) is 24.4 Å². The second-order valence-corrected chi connectivity index (χ2v) is 5.60. The molecule has 0 N–H and O–H groups in total. The molecule has 2 rings (SSSR count). The molecule has 0 saturated carbocycles. The van der Waals surface area contributed by atoms with Gasteiger partial charge < -0.3 is 9.64 Å². The van der Waals surface area contributed by atoms with E-state index in [1.54, 1.807) is 0 Å². The Balaban J connectivity index is 2.37. The highest BCUT2D eigenvalue weighted by Gasteiger charge is 2.44. The zero-order valence-electron chi connectivity index (χ0n) is 12.0. The fraction of sp³-hybridized carbons (Fsp3) is 0.688. The summed E-state index contributed by atoms with van der Waals surface area (Å²) < 4.78 is 5.14. The Morgan fingerprint density at radius 2 is 2.16 bits per heavy atom. The van der Waals surface area contributed by atoms with E-state index >= 15 is 0 Å². The monoisotopic (exact) mass is 263 g/mol. The first-order chi connectivity index (χ1) is 9.24. The van der Waals surface area contributed by atoms with E-state index in [0.29, 0.717) is 6.42 Å². The van der Waals surface area contributed by atoms with E-state index in [-0.39, 0.29) is 5.97 Å². The van der Waals surface area contributed by atoms with Gasteiger partial charge in [-0.15, -0.1) is 6.58 Å². The third-order valence-electron chi connectivity index (χ3n) is 4.40. The lowest BCUT2D eigenvalue weighted by molar-refractivity contribution is -0.151. The van der Waals surface area contributed by atoms with Crippen LogP contribution < -0.4 is 0 Å². The number of carbonyl (C=O) groups excluding carboxylic acids is 1. The van der Waals surface area contributed by atoms with Gasteiger partial charge in [0.2, 0.25) is 0 Å². The molecule has 1 aliphatic carbocycles. The summed E-state index contributed by atoms with van der Waals surface area (Å²) in [5.41, 5.74) is 0.714. The highest BCUT2D eigenvalue weighted by Crippen LogP contribution is 2.43. The largest absolute Gasteiger partial charge is 0.468 e. The maximum atomic E-state index is 12.5. The van der Waals surface area contributed by atoms with Gasteiger partial charge in [-0.1, -0.05) is 18.6 Å². The Bertz CT molecular complexity index is 369. The minimum atomic E-state index is -0.489. The van der Waals surface area contributed by atoms with Crippen molar-refractivity contribution in [2.75, 3.05) is 20.2 Å². The summed E-state index contributed by atoms with van der Waals surface area (Å²) in [6.45, 7) is 6.00. The molecule has 19 heavy (non-hydrogen) atoms. The van der Waals surface area contributed by atoms with Gasteiger partial charge in [-0.2, -0.15) is 0 Å². The normalized spacial score (nSPS) is 27.6. The first-order valence-electron chi connectivity index (χ1n) is 7.39. The molecular weight excluding hydrogens is 238 g/mol. The quantitative estimate of drug-likeness (QED) is 0.576. The van der Waals surface area contributed by atoms with Crippen LogP contribution in [0.5, 0.6) is 0 Å². The molecule has 1 aliphatic heterocycles. The van der Waals surface area contributed by atoms with Crippen molar-refractivity contribution in [2.45, 2.75) is 44.9 Å². The summed E-state index contributed by atoms with van der Waals surface area (Å²) in [4.78, 5) is 14.9. The molecule has 3 heteroatoms. The van der Waals surface area contributed by atoms with Crippen LogP contribution in [-0.2, 0) is 9.53 Å². The van der Waals surface area contributed by atoms with Gasteiger partial charge in [0.05, 0.1) is 7.11 Å². The number of rotatable bonds is 4. The number of hydrogen-bond donors (Lipinski definition) is 0. The number of esters is 1. The maximum absolute atomic E-state index is 12.5. The summed E-state index contributed by atoms with van der Waals surface area (Å²) in [6, 6.07) is 0. The van der Waals surface area contributed by atoms with E-state index in [0.717, 1.165) is 38.8 Å². The van der Waals surface area contributed by atoms with Crippen molar-refractivity contribution < 1.29 is 9.53 Å². The molecule has 2 aliphatic rings. The Labute approximate surface area is 116 Å². The lowest BCUT2D eigenvalue weighted by atomic mass is 9.77. The Hall–Kier alpha value is -1.25.